The van der Waals surface area contributed by atoms with E-state index in [1.165, 1.54) is 23.8 Å². The third-order valence-electron chi connectivity index (χ3n) is 4.85. The molecule has 0 spiro atoms. The first-order valence-corrected chi connectivity index (χ1v) is 12.1. The van der Waals surface area contributed by atoms with Gasteiger partial charge in [0.2, 0.25) is 0 Å². The van der Waals surface area contributed by atoms with Crippen molar-refractivity contribution in [1.82, 2.24) is 0 Å². The third-order valence-corrected chi connectivity index (χ3v) is 5.76. The Morgan fingerprint density at radius 3 is 1.90 bits per heavy atom. The highest BCUT2D eigenvalue weighted by molar-refractivity contribution is 7.86. The van der Waals surface area contributed by atoms with Crippen LogP contribution in [0.2, 0.25) is 0 Å². The predicted molar refractivity (Wildman–Crippen MR) is 128 cm³/mol. The molecule has 0 aliphatic heterocycles. The molecule has 2 aromatic carbocycles. The number of hydrogen-bond donors (Lipinski definition) is 2. The number of benzene rings is 2. The maximum absolute atomic E-state index is 12.6. The first-order valence-electron chi connectivity index (χ1n) is 10.7. The van der Waals surface area contributed by atoms with Crippen molar-refractivity contribution < 1.29 is 17.8 Å². The summed E-state index contributed by atoms with van der Waals surface area (Å²) in [5.41, 5.74) is 1.88. The molecule has 1 amide bonds. The van der Waals surface area contributed by atoms with Gasteiger partial charge >= 0.3 is 0 Å². The van der Waals surface area contributed by atoms with E-state index < -0.39 is 16.0 Å². The molecule has 2 aromatic rings. The smallest absolute Gasteiger partial charge is 0.296 e. The summed E-state index contributed by atoms with van der Waals surface area (Å²) in [5, 5.41) is 2.57. The molecular formula is C25H37NO4S. The maximum Gasteiger partial charge on any atom is 0.296 e. The fourth-order valence-corrected chi connectivity index (χ4v) is 4.04. The van der Waals surface area contributed by atoms with Gasteiger partial charge in [-0.25, -0.2) is 0 Å². The van der Waals surface area contributed by atoms with Gasteiger partial charge in [0.1, 0.15) is 4.90 Å². The zero-order valence-corrected chi connectivity index (χ0v) is 20.8. The molecule has 1 unspecified atom stereocenters. The maximum atomic E-state index is 12.6. The average molecular weight is 448 g/mol. The van der Waals surface area contributed by atoms with Crippen LogP contribution in [0.4, 0.5) is 5.69 Å². The monoisotopic (exact) mass is 447 g/mol. The van der Waals surface area contributed by atoms with Gasteiger partial charge in [0.15, 0.2) is 0 Å². The first-order chi connectivity index (χ1) is 14.2. The van der Waals surface area contributed by atoms with Crippen LogP contribution in [0.5, 0.6) is 0 Å². The standard InChI is InChI=1S/C23H31NO4S.C2H6/c1-22(2,3)15-18(23(4,5)6)16-11-13-17(14-12-16)21(25)24-19-9-7-8-10-20(19)29(26,27)28;1-2/h7-14,18H,15H2,1-6H3,(H,24,25)(H,26,27,28);1-2H3. The van der Waals surface area contributed by atoms with Crippen LogP contribution < -0.4 is 5.32 Å². The van der Waals surface area contributed by atoms with Crippen molar-refractivity contribution in [3.05, 3.63) is 59.7 Å². The molecule has 0 bridgehead atoms. The lowest BCUT2D eigenvalue weighted by atomic mass is 9.69. The summed E-state index contributed by atoms with van der Waals surface area (Å²) < 4.78 is 32.3. The molecular weight excluding hydrogens is 410 g/mol. The van der Waals surface area contributed by atoms with E-state index in [1.807, 2.05) is 26.0 Å². The van der Waals surface area contributed by atoms with Gasteiger partial charge in [-0.3, -0.25) is 9.35 Å². The topological polar surface area (TPSA) is 83.5 Å². The van der Waals surface area contributed by atoms with Crippen molar-refractivity contribution in [3.8, 4) is 0 Å². The van der Waals surface area contributed by atoms with Crippen molar-refractivity contribution in [3.63, 3.8) is 0 Å². The van der Waals surface area contributed by atoms with Gasteiger partial charge in [-0.1, -0.05) is 79.7 Å². The van der Waals surface area contributed by atoms with E-state index in [4.69, 9.17) is 0 Å². The highest BCUT2D eigenvalue weighted by Gasteiger charge is 2.30. The number of amides is 1. The van der Waals surface area contributed by atoms with Crippen LogP contribution in [0.1, 0.15) is 83.7 Å². The van der Waals surface area contributed by atoms with Gasteiger partial charge in [0.25, 0.3) is 16.0 Å². The van der Waals surface area contributed by atoms with Gasteiger partial charge in [-0.15, -0.1) is 0 Å². The molecule has 2 N–H and O–H groups in total. The van der Waals surface area contributed by atoms with Crippen LogP contribution in [0, 0.1) is 10.8 Å². The molecule has 0 radical (unpaired) electrons. The predicted octanol–water partition coefficient (Wildman–Crippen LogP) is 6.78. The molecule has 5 nitrogen and oxygen atoms in total. The fraction of sp³-hybridized carbons (Fsp3) is 0.480. The van der Waals surface area contributed by atoms with E-state index in [2.05, 4.69) is 46.9 Å². The van der Waals surface area contributed by atoms with Crippen LogP contribution in [-0.2, 0) is 10.1 Å². The normalized spacial score (nSPS) is 13.1. The molecule has 1 atom stereocenters. The summed E-state index contributed by atoms with van der Waals surface area (Å²) in [6, 6.07) is 13.2. The zero-order valence-electron chi connectivity index (χ0n) is 20.0. The minimum atomic E-state index is -4.43. The summed E-state index contributed by atoms with van der Waals surface area (Å²) >= 11 is 0. The Hall–Kier alpha value is -2.18. The SMILES string of the molecule is CC.CC(C)(C)CC(c1ccc(C(=O)Nc2ccccc2S(=O)(=O)O)cc1)C(C)(C)C. The molecule has 0 aliphatic carbocycles. The highest BCUT2D eigenvalue weighted by atomic mass is 32.2. The zero-order chi connectivity index (χ0) is 24.0. The molecule has 6 heteroatoms. The highest BCUT2D eigenvalue weighted by Crippen LogP contribution is 2.43. The van der Waals surface area contributed by atoms with Crippen molar-refractivity contribution >= 4 is 21.7 Å². The number of carbonyl (C=O) groups is 1. The molecule has 0 fully saturated rings. The lowest BCUT2D eigenvalue weighted by Gasteiger charge is -2.36. The minimum Gasteiger partial charge on any atom is -0.321 e. The van der Waals surface area contributed by atoms with Crippen LogP contribution in [0.15, 0.2) is 53.4 Å². The summed E-state index contributed by atoms with van der Waals surface area (Å²) in [6.45, 7) is 17.3. The van der Waals surface area contributed by atoms with Crippen molar-refractivity contribution in [2.75, 3.05) is 5.32 Å². The summed E-state index contributed by atoms with van der Waals surface area (Å²) in [4.78, 5) is 12.3. The van der Waals surface area contributed by atoms with Crippen LogP contribution in [-0.4, -0.2) is 18.9 Å². The number of rotatable bonds is 5. The van der Waals surface area contributed by atoms with Gasteiger partial charge in [-0.05, 0) is 53.0 Å². The number of anilines is 1. The molecule has 0 aliphatic rings. The van der Waals surface area contributed by atoms with E-state index in [0.29, 0.717) is 11.5 Å². The lowest BCUT2D eigenvalue weighted by molar-refractivity contribution is 0.102. The number of carbonyl (C=O) groups excluding carboxylic acids is 1. The van der Waals surface area contributed by atoms with Gasteiger partial charge in [0.05, 0.1) is 5.69 Å². The average Bonchev–Trinajstić information content (AvgIpc) is 2.66. The third kappa shape index (κ3) is 8.11. The second-order valence-electron chi connectivity index (χ2n) is 9.73. The molecule has 0 saturated carbocycles. The molecule has 0 heterocycles. The summed E-state index contributed by atoms with van der Waals surface area (Å²) in [5.74, 6) is -0.101. The van der Waals surface area contributed by atoms with Gasteiger partial charge in [-0.2, -0.15) is 8.42 Å². The van der Waals surface area contributed by atoms with Crippen molar-refractivity contribution in [2.45, 2.75) is 72.6 Å². The number of hydrogen-bond acceptors (Lipinski definition) is 3. The van der Waals surface area contributed by atoms with Crippen molar-refractivity contribution in [1.29, 1.82) is 0 Å². The first kappa shape index (κ1) is 26.9. The largest absolute Gasteiger partial charge is 0.321 e. The number of nitrogens with one attached hydrogen (secondary N) is 1. The second kappa shape index (κ2) is 10.4. The molecule has 0 saturated heterocycles. The Morgan fingerprint density at radius 2 is 1.45 bits per heavy atom. The fourth-order valence-electron chi connectivity index (χ4n) is 3.39. The van der Waals surface area contributed by atoms with E-state index in [-0.39, 0.29) is 21.4 Å². The van der Waals surface area contributed by atoms with Gasteiger partial charge in [0, 0.05) is 5.56 Å². The number of para-hydroxylation sites is 1. The quantitative estimate of drug-likeness (QED) is 0.495. The Balaban J connectivity index is 0.00000233. The van der Waals surface area contributed by atoms with E-state index in [9.17, 15) is 17.8 Å². The van der Waals surface area contributed by atoms with E-state index >= 15 is 0 Å². The second-order valence-corrected chi connectivity index (χ2v) is 11.1. The molecule has 172 valence electrons. The minimum absolute atomic E-state index is 0.0457. The molecule has 31 heavy (non-hydrogen) atoms. The van der Waals surface area contributed by atoms with Crippen LogP contribution >= 0.6 is 0 Å². The molecule has 2 rings (SSSR count). The van der Waals surface area contributed by atoms with E-state index in [1.54, 1.807) is 18.2 Å². The van der Waals surface area contributed by atoms with Crippen LogP contribution in [0.25, 0.3) is 0 Å². The van der Waals surface area contributed by atoms with Crippen molar-refractivity contribution in [2.24, 2.45) is 10.8 Å². The van der Waals surface area contributed by atoms with E-state index in [0.717, 1.165) is 6.42 Å². The van der Waals surface area contributed by atoms with Crippen LogP contribution in [0.3, 0.4) is 0 Å². The Bertz CT molecular complexity index is 966. The Morgan fingerprint density at radius 1 is 0.935 bits per heavy atom. The summed E-state index contributed by atoms with van der Waals surface area (Å²) in [7, 11) is -4.43. The molecule has 0 aromatic heterocycles. The Kier molecular flexibility index (Phi) is 9.03. The lowest BCUT2D eigenvalue weighted by Crippen LogP contribution is -2.24. The summed E-state index contributed by atoms with van der Waals surface area (Å²) in [6.07, 6.45) is 1.02. The van der Waals surface area contributed by atoms with Gasteiger partial charge < -0.3 is 5.32 Å². The Labute approximate surface area is 188 Å².